The van der Waals surface area contributed by atoms with Crippen LogP contribution in [-0.2, 0) is 41.4 Å². The zero-order chi connectivity index (χ0) is 56.8. The molecule has 16 nitrogen and oxygen atoms in total. The number of azide groups is 1. The van der Waals surface area contributed by atoms with E-state index in [0.717, 1.165) is 11.6 Å². The maximum absolute atomic E-state index is 13.9. The van der Waals surface area contributed by atoms with Crippen molar-refractivity contribution in [1.29, 1.82) is 0 Å². The Balaban J connectivity index is 0.000000293. The average molecular weight is 1080 g/mol. The fraction of sp³-hybridized carbons (Fsp3) is 0.377. The minimum atomic E-state index is -2.31. The van der Waals surface area contributed by atoms with Gasteiger partial charge in [-0.2, -0.15) is 0 Å². The highest BCUT2D eigenvalue weighted by Crippen LogP contribution is 2.39. The van der Waals surface area contributed by atoms with Gasteiger partial charge in [0, 0.05) is 37.5 Å². The third kappa shape index (κ3) is 18.6. The number of amides is 2. The molecule has 2 amide bonds. The van der Waals surface area contributed by atoms with Crippen molar-refractivity contribution in [2.75, 3.05) is 0 Å². The number of cyclic esters (lactones) is 2. The Morgan fingerprint density at radius 1 is 0.718 bits per heavy atom. The number of phenols is 1. The van der Waals surface area contributed by atoms with Gasteiger partial charge < -0.3 is 33.8 Å². The van der Waals surface area contributed by atoms with Gasteiger partial charge in [-0.05, 0) is 126 Å². The standard InChI is InChI=1S/C33H41N3O6Si.C28H31NO6/c1-23-14-10-11-15-24-18-12-20-27(42-43(5,6)33(2,3)4)30(24)32(39)40-26(19-13-21-29(37)35-36-34)22-28(23)41-31(38)25-16-8-7-9-17-25;1-19-10-6-7-11-21-14-8-16-24(31)26(21)28(33)34-23(15-9-17-29-20(2)30)18-25(19)35-27(32)22-12-4-3-5-13-22/h7-13,16-18,20-21,23,26,28H,14-15,19,22H2,1-6H3;3-9,12-14,16-17,19,23,25,31H,10-11,15,18H2,1-2H3,(H,29,30)/b11-10+,21-13+;7-6+,17-9+/t23-,26-,28+;19-,23-,25+/m00/s1. The molecule has 6 atom stereocenters. The van der Waals surface area contributed by atoms with Crippen LogP contribution in [-0.4, -0.2) is 73.5 Å². The number of allylic oxidation sites excluding steroid dienone is 4. The van der Waals surface area contributed by atoms with Crippen molar-refractivity contribution in [3.8, 4) is 11.5 Å². The summed E-state index contributed by atoms with van der Waals surface area (Å²) in [7, 11) is -2.31. The summed E-state index contributed by atoms with van der Waals surface area (Å²) in [6, 6.07) is 28.0. The SMILES string of the molecule is CC(=O)N/C=C/C[C@H]1C[C@@H](OC(=O)c2ccccc2)[C@@H](C)C/C=C/Cc2cccc(O)c2C(=O)O1.C[C@H]1C/C=C/Cc2cccc(O[Si](C)(C)C(C)(C)C)c2C(=O)O[C@@H](C/C=C/C(=O)N=[N+]=[N-])C[C@H]1OC(=O)c1ccccc1. The molecule has 412 valence electrons. The number of rotatable bonds is 12. The molecule has 2 aliphatic rings. The van der Waals surface area contributed by atoms with Crippen LogP contribution in [0, 0.1) is 11.8 Å². The maximum atomic E-state index is 13.9. The van der Waals surface area contributed by atoms with Gasteiger partial charge in [-0.3, -0.25) is 9.59 Å². The van der Waals surface area contributed by atoms with Gasteiger partial charge in [0.2, 0.25) is 11.8 Å². The lowest BCUT2D eigenvalue weighted by molar-refractivity contribution is -0.118. The molecule has 2 aliphatic heterocycles. The largest absolute Gasteiger partial charge is 0.543 e. The summed E-state index contributed by atoms with van der Waals surface area (Å²) >= 11 is 0. The third-order valence-electron chi connectivity index (χ3n) is 13.8. The van der Waals surface area contributed by atoms with E-state index in [0.29, 0.717) is 53.7 Å². The van der Waals surface area contributed by atoms with Crippen LogP contribution in [0.4, 0.5) is 0 Å². The van der Waals surface area contributed by atoms with Crippen LogP contribution in [0.25, 0.3) is 10.4 Å². The number of aromatic hydroxyl groups is 1. The predicted molar refractivity (Wildman–Crippen MR) is 300 cm³/mol. The summed E-state index contributed by atoms with van der Waals surface area (Å²) in [6.45, 7) is 16.0. The molecule has 0 radical (unpaired) electrons. The van der Waals surface area contributed by atoms with Gasteiger partial charge in [0.15, 0.2) is 0 Å². The minimum absolute atomic E-state index is 0.0393. The number of phenolic OH excluding ortho intramolecular Hbond substituents is 1. The Labute approximate surface area is 458 Å². The lowest BCUT2D eigenvalue weighted by atomic mass is 9.93. The number of nitrogens with zero attached hydrogens (tertiary/aromatic N) is 3. The van der Waals surface area contributed by atoms with E-state index in [4.69, 9.17) is 28.9 Å². The Kier molecular flexibility index (Phi) is 23.0. The summed E-state index contributed by atoms with van der Waals surface area (Å²) in [4.78, 5) is 78.4. The van der Waals surface area contributed by atoms with Crippen LogP contribution in [0.3, 0.4) is 0 Å². The molecule has 0 fully saturated rings. The van der Waals surface area contributed by atoms with Crippen molar-refractivity contribution in [2.45, 2.75) is 135 Å². The van der Waals surface area contributed by atoms with Crippen molar-refractivity contribution in [3.63, 3.8) is 0 Å². The number of hydrogen-bond donors (Lipinski definition) is 2. The maximum Gasteiger partial charge on any atom is 0.342 e. The number of ether oxygens (including phenoxy) is 4. The Bertz CT molecular complexity index is 2890. The van der Waals surface area contributed by atoms with E-state index in [-0.39, 0.29) is 59.8 Å². The highest BCUT2D eigenvalue weighted by atomic mass is 28.4. The first-order chi connectivity index (χ1) is 37.2. The zero-order valence-corrected chi connectivity index (χ0v) is 46.8. The second-order valence-electron chi connectivity index (χ2n) is 20.9. The number of esters is 4. The molecular formula is C61H72N4O12Si. The first-order valence-corrected chi connectivity index (χ1v) is 29.1. The quantitative estimate of drug-likeness (QED) is 0.0197. The van der Waals surface area contributed by atoms with E-state index in [9.17, 15) is 33.9 Å². The molecular weight excluding hydrogens is 1010 g/mol. The van der Waals surface area contributed by atoms with Crippen LogP contribution in [0.2, 0.25) is 18.1 Å². The smallest absolute Gasteiger partial charge is 0.342 e. The van der Waals surface area contributed by atoms with Crippen molar-refractivity contribution in [1.82, 2.24) is 5.32 Å². The molecule has 0 aliphatic carbocycles. The molecule has 0 unspecified atom stereocenters. The lowest BCUT2D eigenvalue weighted by Gasteiger charge is -2.37. The molecule has 0 saturated carbocycles. The topological polar surface area (TPSA) is 230 Å². The van der Waals surface area contributed by atoms with Crippen LogP contribution >= 0.6 is 0 Å². The predicted octanol–water partition coefficient (Wildman–Crippen LogP) is 12.8. The third-order valence-corrected chi connectivity index (χ3v) is 18.1. The molecule has 0 spiro atoms. The van der Waals surface area contributed by atoms with Crippen molar-refractivity contribution < 1.29 is 57.2 Å². The molecule has 0 bridgehead atoms. The number of carbonyl (C=O) groups is 6. The first-order valence-electron chi connectivity index (χ1n) is 26.2. The highest BCUT2D eigenvalue weighted by Gasteiger charge is 2.40. The van der Waals surface area contributed by atoms with Crippen LogP contribution < -0.4 is 9.74 Å². The monoisotopic (exact) mass is 1080 g/mol. The van der Waals surface area contributed by atoms with Crippen molar-refractivity contribution in [2.24, 2.45) is 17.0 Å². The molecule has 78 heavy (non-hydrogen) atoms. The van der Waals surface area contributed by atoms with E-state index in [2.05, 4.69) is 49.2 Å². The molecule has 4 aromatic rings. The average Bonchev–Trinajstić information content (AvgIpc) is 3.41. The molecule has 2 N–H and O–H groups in total. The number of carbonyl (C=O) groups excluding carboxylic acids is 6. The second kappa shape index (κ2) is 29.5. The van der Waals surface area contributed by atoms with Gasteiger partial charge in [-0.15, -0.1) is 0 Å². The Morgan fingerprint density at radius 2 is 1.21 bits per heavy atom. The van der Waals surface area contributed by atoms with Gasteiger partial charge in [-0.1, -0.05) is 132 Å². The van der Waals surface area contributed by atoms with Crippen LogP contribution in [0.15, 0.2) is 151 Å². The molecule has 6 rings (SSSR count). The Morgan fingerprint density at radius 3 is 1.71 bits per heavy atom. The van der Waals surface area contributed by atoms with Gasteiger partial charge >= 0.3 is 23.9 Å². The van der Waals surface area contributed by atoms with Crippen molar-refractivity contribution in [3.05, 3.63) is 190 Å². The number of hydrogen-bond acceptors (Lipinski definition) is 12. The minimum Gasteiger partial charge on any atom is -0.543 e. The van der Waals surface area contributed by atoms with Crippen LogP contribution in [0.5, 0.6) is 11.5 Å². The molecule has 2 heterocycles. The summed E-state index contributed by atoms with van der Waals surface area (Å²) < 4.78 is 30.4. The zero-order valence-electron chi connectivity index (χ0n) is 45.8. The van der Waals surface area contributed by atoms with Crippen LogP contribution in [0.1, 0.15) is 133 Å². The van der Waals surface area contributed by atoms with E-state index >= 15 is 0 Å². The highest BCUT2D eigenvalue weighted by molar-refractivity contribution is 6.74. The molecule has 17 heteroatoms. The molecule has 4 aromatic carbocycles. The second-order valence-corrected chi connectivity index (χ2v) is 25.6. The van der Waals surface area contributed by atoms with E-state index in [1.165, 1.54) is 25.3 Å². The van der Waals surface area contributed by atoms with E-state index in [1.807, 2.05) is 62.4 Å². The fourth-order valence-corrected chi connectivity index (χ4v) is 9.33. The number of fused-ring (bicyclic) bond motifs is 2. The van der Waals surface area contributed by atoms with Gasteiger partial charge in [0.05, 0.1) is 11.1 Å². The summed E-state index contributed by atoms with van der Waals surface area (Å²) in [6.07, 6.45) is 14.4. The van der Waals surface area contributed by atoms with Gasteiger partial charge in [0.1, 0.15) is 47.0 Å². The number of benzene rings is 4. The molecule has 0 saturated heterocycles. The van der Waals surface area contributed by atoms with Gasteiger partial charge in [0.25, 0.3) is 8.32 Å². The van der Waals surface area contributed by atoms with E-state index in [1.54, 1.807) is 72.8 Å². The lowest BCUT2D eigenvalue weighted by Crippen LogP contribution is -2.44. The van der Waals surface area contributed by atoms with E-state index < -0.39 is 62.5 Å². The first kappa shape index (κ1) is 60.8. The Hall–Kier alpha value is -8.01. The number of nitrogens with one attached hydrogen (secondary N) is 1. The van der Waals surface area contributed by atoms with Crippen molar-refractivity contribution >= 4 is 44.0 Å². The normalized spacial score (nSPS) is 21.0. The summed E-state index contributed by atoms with van der Waals surface area (Å²) in [5.74, 6) is -2.89. The van der Waals surface area contributed by atoms with Gasteiger partial charge in [-0.25, -0.2) is 19.2 Å². The fourth-order valence-electron chi connectivity index (χ4n) is 8.30. The molecule has 0 aromatic heterocycles. The summed E-state index contributed by atoms with van der Waals surface area (Å²) in [5.41, 5.74) is 11.4. The summed E-state index contributed by atoms with van der Waals surface area (Å²) in [5, 5.41) is 15.9.